The maximum Gasteiger partial charge on any atom is 0.315 e. The molecule has 9 heteroatoms. The number of rotatable bonds is 13. The van der Waals surface area contributed by atoms with Crippen molar-refractivity contribution in [3.05, 3.63) is 84.1 Å². The van der Waals surface area contributed by atoms with Crippen molar-refractivity contribution < 1.29 is 19.0 Å². The molecule has 0 bridgehead atoms. The lowest BCUT2D eigenvalue weighted by Gasteiger charge is -2.28. The summed E-state index contributed by atoms with van der Waals surface area (Å²) in [6, 6.07) is 21.3. The zero-order valence-corrected chi connectivity index (χ0v) is 28.2. The Morgan fingerprint density at radius 3 is 2.16 bits per heavy atom. The number of carbonyl (C=O) groups excluding carboxylic acids is 1. The lowest BCUT2D eigenvalue weighted by Crippen LogP contribution is -2.37. The Hall–Kier alpha value is -3.69. The van der Waals surface area contributed by atoms with Gasteiger partial charge < -0.3 is 19.9 Å². The Balaban J connectivity index is 1.66. The van der Waals surface area contributed by atoms with Gasteiger partial charge in [-0.1, -0.05) is 61.5 Å². The molecule has 2 aromatic carbocycles. The second kappa shape index (κ2) is 15.3. The second-order valence-corrected chi connectivity index (χ2v) is 17.3. The van der Waals surface area contributed by atoms with Crippen LogP contribution in [0.5, 0.6) is 5.88 Å². The summed E-state index contributed by atoms with van der Waals surface area (Å²) in [5.74, 6) is 3.25. The molecule has 0 unspecified atom stereocenters. The van der Waals surface area contributed by atoms with E-state index in [-0.39, 0.29) is 19.3 Å². The fourth-order valence-corrected chi connectivity index (χ4v) is 4.61. The summed E-state index contributed by atoms with van der Waals surface area (Å²) >= 11 is 0. The number of nitrogens with zero attached hydrogens (tertiary/aromatic N) is 3. The lowest BCUT2D eigenvalue weighted by molar-refractivity contribution is -0.167. The van der Waals surface area contributed by atoms with Gasteiger partial charge in [0.15, 0.2) is 5.84 Å². The summed E-state index contributed by atoms with van der Waals surface area (Å²) in [6.45, 7) is 12.4. The molecular formula is C35H48N4O4S. The molecule has 44 heavy (non-hydrogen) atoms. The van der Waals surface area contributed by atoms with Crippen molar-refractivity contribution in [1.29, 1.82) is 0 Å². The molecular weight excluding hydrogens is 572 g/mol. The third-order valence-corrected chi connectivity index (χ3v) is 9.74. The summed E-state index contributed by atoms with van der Waals surface area (Å²) < 4.78 is 17.2. The van der Waals surface area contributed by atoms with Crippen molar-refractivity contribution in [3.63, 3.8) is 0 Å². The average Bonchev–Trinajstić information content (AvgIpc) is 2.99. The Bertz CT molecular complexity index is 1410. The van der Waals surface area contributed by atoms with Gasteiger partial charge in [0.2, 0.25) is 5.88 Å². The van der Waals surface area contributed by atoms with Crippen LogP contribution in [0.25, 0.3) is 11.1 Å². The topological polar surface area (TPSA) is 108 Å². The molecule has 0 aliphatic rings. The summed E-state index contributed by atoms with van der Waals surface area (Å²) in [6.07, 6.45) is 6.39. The van der Waals surface area contributed by atoms with Gasteiger partial charge in [-0.2, -0.15) is 0 Å². The van der Waals surface area contributed by atoms with Crippen LogP contribution < -0.4 is 10.5 Å². The molecule has 0 atom stereocenters. The van der Waals surface area contributed by atoms with E-state index >= 15 is 0 Å². The first-order valence-corrected chi connectivity index (χ1v) is 17.6. The van der Waals surface area contributed by atoms with E-state index in [1.807, 2.05) is 81.4 Å². The maximum absolute atomic E-state index is 12.5. The minimum Gasteiger partial charge on any atom is -0.476 e. The molecule has 238 valence electrons. The first kappa shape index (κ1) is 34.8. The van der Waals surface area contributed by atoms with Gasteiger partial charge in [0.05, 0.1) is 12.0 Å². The highest BCUT2D eigenvalue weighted by molar-refractivity contribution is 8.32. The summed E-state index contributed by atoms with van der Waals surface area (Å²) in [5.41, 5.74) is 8.62. The van der Waals surface area contributed by atoms with Crippen LogP contribution in [0.3, 0.4) is 0 Å². The Morgan fingerprint density at radius 1 is 0.909 bits per heavy atom. The summed E-state index contributed by atoms with van der Waals surface area (Å²) in [4.78, 5) is 26.2. The van der Waals surface area contributed by atoms with Crippen molar-refractivity contribution in [2.75, 3.05) is 44.0 Å². The number of ether oxygens (including phenoxy) is 3. The van der Waals surface area contributed by atoms with Gasteiger partial charge in [-0.25, -0.2) is 25.0 Å². The minimum atomic E-state index is -0.810. The van der Waals surface area contributed by atoms with Crippen LogP contribution in [0.2, 0.25) is 0 Å². The molecule has 0 aliphatic carbocycles. The van der Waals surface area contributed by atoms with E-state index in [0.29, 0.717) is 24.2 Å². The van der Waals surface area contributed by atoms with Crippen molar-refractivity contribution in [2.45, 2.75) is 47.1 Å². The van der Waals surface area contributed by atoms with Gasteiger partial charge in [-0.15, -0.1) is 0 Å². The number of aliphatic imine (C=N–C) groups is 2. The highest BCUT2D eigenvalue weighted by atomic mass is 32.3. The second-order valence-electron chi connectivity index (χ2n) is 12.8. The SMILES string of the molecule is CCS(C)(C)CCOC/N=C(/N=C(N)c1ccc(-c2ccc(OCC(C)(C)C(=O)OC(C)(C)C)nc2)cc1)c1ccccc1. The molecule has 0 saturated heterocycles. The molecule has 0 saturated carbocycles. The smallest absolute Gasteiger partial charge is 0.315 e. The van der Waals surface area contributed by atoms with Gasteiger partial charge in [0.25, 0.3) is 0 Å². The van der Waals surface area contributed by atoms with E-state index < -0.39 is 21.0 Å². The van der Waals surface area contributed by atoms with Crippen molar-refractivity contribution in [3.8, 4) is 17.0 Å². The van der Waals surface area contributed by atoms with Crippen molar-refractivity contribution in [1.82, 2.24) is 4.98 Å². The predicted octanol–water partition coefficient (Wildman–Crippen LogP) is 6.71. The molecule has 0 fully saturated rings. The summed E-state index contributed by atoms with van der Waals surface area (Å²) in [5, 5.41) is 0. The third kappa shape index (κ3) is 11.1. The van der Waals surface area contributed by atoms with Gasteiger partial charge in [0, 0.05) is 34.7 Å². The van der Waals surface area contributed by atoms with Crippen LogP contribution in [0.1, 0.15) is 52.7 Å². The molecule has 0 aliphatic heterocycles. The van der Waals surface area contributed by atoms with Crippen molar-refractivity contribution >= 4 is 27.7 Å². The van der Waals surface area contributed by atoms with Gasteiger partial charge in [-0.05, 0) is 64.5 Å². The quantitative estimate of drug-likeness (QED) is 0.0985. The molecule has 2 N–H and O–H groups in total. The normalized spacial score (nSPS) is 13.5. The number of aromatic nitrogens is 1. The molecule has 0 radical (unpaired) electrons. The fourth-order valence-electron chi connectivity index (χ4n) is 3.76. The molecule has 3 rings (SSSR count). The van der Waals surface area contributed by atoms with Crippen LogP contribution >= 0.6 is 10.0 Å². The number of esters is 1. The van der Waals surface area contributed by atoms with E-state index in [1.54, 1.807) is 26.1 Å². The van der Waals surface area contributed by atoms with Crippen LogP contribution in [-0.2, 0) is 14.3 Å². The molecule has 0 spiro atoms. The fraction of sp³-hybridized carbons (Fsp3) is 0.429. The van der Waals surface area contributed by atoms with E-state index in [1.165, 1.54) is 5.75 Å². The number of pyridine rings is 1. The number of nitrogens with two attached hydrogens (primary N) is 1. The predicted molar refractivity (Wildman–Crippen MR) is 184 cm³/mol. The average molecular weight is 621 g/mol. The van der Waals surface area contributed by atoms with Crippen LogP contribution in [-0.4, -0.2) is 72.2 Å². The molecule has 3 aromatic rings. The van der Waals surface area contributed by atoms with Crippen LogP contribution in [0.15, 0.2) is 82.9 Å². The molecule has 1 aromatic heterocycles. The highest BCUT2D eigenvalue weighted by Gasteiger charge is 2.33. The zero-order chi connectivity index (χ0) is 32.4. The highest BCUT2D eigenvalue weighted by Crippen LogP contribution is 2.38. The van der Waals surface area contributed by atoms with Crippen LogP contribution in [0.4, 0.5) is 0 Å². The Morgan fingerprint density at radius 2 is 1.57 bits per heavy atom. The molecule has 1 heterocycles. The number of benzene rings is 2. The monoisotopic (exact) mass is 620 g/mol. The molecule has 8 nitrogen and oxygen atoms in total. The van der Waals surface area contributed by atoms with Crippen LogP contribution in [0, 0.1) is 5.41 Å². The standard InChI is InChI=1S/C35H48N4O4S/c1-9-44(7,8)22-21-41-25-38-32(28-13-11-10-12-14-28)39-31(36)27-17-15-26(16-18-27)29-19-20-30(37-23-29)42-24-35(5,6)33(40)43-34(2,3)4/h10-20,23H,9,21-22,24-25H2,1-8H3,(H2,36,38,39). The zero-order valence-electron chi connectivity index (χ0n) is 27.4. The Labute approximate surface area is 264 Å². The number of hydrogen-bond acceptors (Lipinski definition) is 6. The number of hydrogen-bond donors (Lipinski definition) is 1. The largest absolute Gasteiger partial charge is 0.476 e. The summed E-state index contributed by atoms with van der Waals surface area (Å²) in [7, 11) is -0.616. The minimum absolute atomic E-state index is 0.153. The van der Waals surface area contributed by atoms with Gasteiger partial charge in [-0.3, -0.25) is 4.79 Å². The van der Waals surface area contributed by atoms with E-state index in [0.717, 1.165) is 28.0 Å². The lowest BCUT2D eigenvalue weighted by atomic mass is 9.94. The van der Waals surface area contributed by atoms with Crippen molar-refractivity contribution in [2.24, 2.45) is 21.1 Å². The van der Waals surface area contributed by atoms with Gasteiger partial charge in [0.1, 0.15) is 24.8 Å². The third-order valence-electron chi connectivity index (χ3n) is 6.91. The number of carbonyl (C=O) groups is 1. The maximum atomic E-state index is 12.5. The first-order valence-electron chi connectivity index (χ1n) is 14.8. The molecule has 0 amide bonds. The number of amidine groups is 2. The van der Waals surface area contributed by atoms with Gasteiger partial charge >= 0.3 is 5.97 Å². The van der Waals surface area contributed by atoms with E-state index in [4.69, 9.17) is 19.9 Å². The van der Waals surface area contributed by atoms with E-state index in [2.05, 4.69) is 34.4 Å². The first-order chi connectivity index (χ1) is 20.7. The Kier molecular flexibility index (Phi) is 12.1. The van der Waals surface area contributed by atoms with E-state index in [9.17, 15) is 4.79 Å².